The number of likely N-dealkylation sites (tertiary alicyclic amines) is 1. The van der Waals surface area contributed by atoms with Crippen LogP contribution in [0.25, 0.3) is 5.65 Å². The molecule has 0 atom stereocenters. The Labute approximate surface area is 200 Å². The van der Waals surface area contributed by atoms with Crippen molar-refractivity contribution in [2.24, 2.45) is 5.92 Å². The molecule has 0 saturated carbocycles. The number of fused-ring (bicyclic) bond motifs is 2. The maximum Gasteiger partial charge on any atom is 0.315 e. The van der Waals surface area contributed by atoms with Crippen molar-refractivity contribution in [3.05, 3.63) is 58.8 Å². The van der Waals surface area contributed by atoms with E-state index < -0.39 is 17.6 Å². The monoisotopic (exact) mass is 480 g/mol. The van der Waals surface area contributed by atoms with Crippen molar-refractivity contribution >= 4 is 23.4 Å². The van der Waals surface area contributed by atoms with Gasteiger partial charge >= 0.3 is 5.97 Å². The Bertz CT molecular complexity index is 1310. The van der Waals surface area contributed by atoms with Crippen molar-refractivity contribution in [3.8, 4) is 5.75 Å². The summed E-state index contributed by atoms with van der Waals surface area (Å²) in [5.41, 5.74) is 1.26. The number of amides is 2. The molecule has 0 unspecified atom stereocenters. The largest absolute Gasteiger partial charge is 0.426 e. The minimum Gasteiger partial charge on any atom is -0.426 e. The second-order valence-electron chi connectivity index (χ2n) is 8.99. The van der Waals surface area contributed by atoms with Crippen molar-refractivity contribution in [1.82, 2.24) is 30.1 Å². The first-order valence-electron chi connectivity index (χ1n) is 11.5. The van der Waals surface area contributed by atoms with Gasteiger partial charge in [0.15, 0.2) is 11.5 Å². The maximum atomic E-state index is 14.3. The third-order valence-corrected chi connectivity index (χ3v) is 6.42. The summed E-state index contributed by atoms with van der Waals surface area (Å²) in [5.74, 6) is -1.18. The second-order valence-corrected chi connectivity index (χ2v) is 8.99. The molecule has 0 radical (unpaired) electrons. The highest BCUT2D eigenvalue weighted by molar-refractivity contribution is 5.98. The van der Waals surface area contributed by atoms with Crippen LogP contribution in [0.1, 0.15) is 44.9 Å². The third kappa shape index (κ3) is 4.85. The number of aromatic nitrogens is 3. The van der Waals surface area contributed by atoms with Gasteiger partial charge in [-0.2, -0.15) is 5.10 Å². The molecule has 5 rings (SSSR count). The zero-order valence-electron chi connectivity index (χ0n) is 19.2. The highest BCUT2D eigenvalue weighted by Crippen LogP contribution is 2.26. The van der Waals surface area contributed by atoms with Crippen LogP contribution in [0.3, 0.4) is 0 Å². The van der Waals surface area contributed by atoms with Crippen LogP contribution in [0.5, 0.6) is 5.75 Å². The number of hydrogen-bond donors (Lipinski definition) is 2. The highest BCUT2D eigenvalue weighted by atomic mass is 19.1. The number of ether oxygens (including phenoxy) is 1. The molecule has 11 heteroatoms. The van der Waals surface area contributed by atoms with Gasteiger partial charge in [-0.1, -0.05) is 6.07 Å². The van der Waals surface area contributed by atoms with E-state index in [1.807, 2.05) is 0 Å². The van der Waals surface area contributed by atoms with Crippen LogP contribution in [0.2, 0.25) is 0 Å². The number of halogens is 1. The van der Waals surface area contributed by atoms with Gasteiger partial charge in [0.2, 0.25) is 0 Å². The SMILES string of the molecule is CN1CCC(CNC(=O)c2cc(C(=O)NCc3ccc4c(c3)CC(=O)O4)nc3c(F)cnn23)CC1. The second kappa shape index (κ2) is 9.41. The predicted molar refractivity (Wildman–Crippen MR) is 122 cm³/mol. The van der Waals surface area contributed by atoms with Crippen LogP contribution >= 0.6 is 0 Å². The molecule has 0 spiro atoms. The molecule has 1 fully saturated rings. The Balaban J connectivity index is 1.30. The van der Waals surface area contributed by atoms with Crippen LogP contribution in [0, 0.1) is 11.7 Å². The summed E-state index contributed by atoms with van der Waals surface area (Å²) in [6, 6.07) is 6.52. The maximum absolute atomic E-state index is 14.3. The molecule has 35 heavy (non-hydrogen) atoms. The molecule has 4 heterocycles. The Morgan fingerprint density at radius 2 is 1.97 bits per heavy atom. The number of carbonyl (C=O) groups is 3. The van der Waals surface area contributed by atoms with E-state index in [9.17, 15) is 18.8 Å². The third-order valence-electron chi connectivity index (χ3n) is 6.42. The molecule has 2 aliphatic rings. The van der Waals surface area contributed by atoms with Crippen molar-refractivity contribution < 1.29 is 23.5 Å². The number of nitrogens with zero attached hydrogens (tertiary/aromatic N) is 4. The fourth-order valence-electron chi connectivity index (χ4n) is 4.38. The van der Waals surface area contributed by atoms with E-state index in [0.717, 1.165) is 47.8 Å². The molecule has 0 aliphatic carbocycles. The number of piperidine rings is 1. The van der Waals surface area contributed by atoms with Gasteiger partial charge in [0.1, 0.15) is 17.1 Å². The first-order valence-corrected chi connectivity index (χ1v) is 11.5. The topological polar surface area (TPSA) is 118 Å². The van der Waals surface area contributed by atoms with E-state index >= 15 is 0 Å². The van der Waals surface area contributed by atoms with Gasteiger partial charge in [0.05, 0.1) is 12.6 Å². The molecule has 1 saturated heterocycles. The van der Waals surface area contributed by atoms with E-state index in [-0.39, 0.29) is 36.0 Å². The summed E-state index contributed by atoms with van der Waals surface area (Å²) >= 11 is 0. The number of carbonyl (C=O) groups excluding carboxylic acids is 3. The fourth-order valence-corrected chi connectivity index (χ4v) is 4.38. The summed E-state index contributed by atoms with van der Waals surface area (Å²) < 4.78 is 20.5. The molecular formula is C24H25FN6O4. The molecule has 0 bridgehead atoms. The summed E-state index contributed by atoms with van der Waals surface area (Å²) in [4.78, 5) is 43.6. The molecule has 1 aromatic carbocycles. The van der Waals surface area contributed by atoms with Crippen LogP contribution in [-0.2, 0) is 17.8 Å². The fraction of sp³-hybridized carbons (Fsp3) is 0.375. The first kappa shape index (κ1) is 22.9. The lowest BCUT2D eigenvalue weighted by atomic mass is 9.97. The zero-order valence-corrected chi connectivity index (χ0v) is 19.2. The quantitative estimate of drug-likeness (QED) is 0.404. The zero-order chi connectivity index (χ0) is 24.5. The molecular weight excluding hydrogens is 455 g/mol. The summed E-state index contributed by atoms with van der Waals surface area (Å²) in [5, 5.41) is 9.55. The van der Waals surface area contributed by atoms with E-state index in [0.29, 0.717) is 18.2 Å². The van der Waals surface area contributed by atoms with Gasteiger partial charge in [-0.25, -0.2) is 13.9 Å². The van der Waals surface area contributed by atoms with Gasteiger partial charge in [0, 0.05) is 24.7 Å². The van der Waals surface area contributed by atoms with Crippen LogP contribution < -0.4 is 15.4 Å². The van der Waals surface area contributed by atoms with Crippen LogP contribution in [0.4, 0.5) is 4.39 Å². The highest BCUT2D eigenvalue weighted by Gasteiger charge is 2.23. The van der Waals surface area contributed by atoms with Crippen molar-refractivity contribution in [1.29, 1.82) is 0 Å². The van der Waals surface area contributed by atoms with Gasteiger partial charge in [-0.15, -0.1) is 0 Å². The first-order chi connectivity index (χ1) is 16.9. The van der Waals surface area contributed by atoms with Crippen LogP contribution in [0.15, 0.2) is 30.5 Å². The van der Waals surface area contributed by atoms with E-state index in [4.69, 9.17) is 4.74 Å². The molecule has 3 aromatic rings. The number of benzene rings is 1. The normalized spacial score (nSPS) is 16.2. The summed E-state index contributed by atoms with van der Waals surface area (Å²) in [6.07, 6.45) is 3.11. The molecule has 2 aromatic heterocycles. The van der Waals surface area contributed by atoms with E-state index in [1.54, 1.807) is 18.2 Å². The smallest absolute Gasteiger partial charge is 0.315 e. The van der Waals surface area contributed by atoms with Crippen LogP contribution in [-0.4, -0.2) is 64.0 Å². The lowest BCUT2D eigenvalue weighted by Crippen LogP contribution is -2.37. The summed E-state index contributed by atoms with van der Waals surface area (Å²) in [6.45, 7) is 2.60. The Morgan fingerprint density at radius 1 is 1.17 bits per heavy atom. The molecule has 10 nitrogen and oxygen atoms in total. The number of nitrogens with one attached hydrogen (secondary N) is 2. The molecule has 2 N–H and O–H groups in total. The van der Waals surface area contributed by atoms with E-state index in [2.05, 4.69) is 32.7 Å². The predicted octanol–water partition coefficient (Wildman–Crippen LogP) is 1.33. The van der Waals surface area contributed by atoms with Crippen molar-refractivity contribution in [2.75, 3.05) is 26.7 Å². The lowest BCUT2D eigenvalue weighted by molar-refractivity contribution is -0.131. The lowest BCUT2D eigenvalue weighted by Gasteiger charge is -2.28. The Morgan fingerprint density at radius 3 is 2.77 bits per heavy atom. The summed E-state index contributed by atoms with van der Waals surface area (Å²) in [7, 11) is 2.07. The molecule has 182 valence electrons. The van der Waals surface area contributed by atoms with Gasteiger partial charge in [-0.3, -0.25) is 14.4 Å². The van der Waals surface area contributed by atoms with Crippen molar-refractivity contribution in [3.63, 3.8) is 0 Å². The average Bonchev–Trinajstić information content (AvgIpc) is 3.42. The van der Waals surface area contributed by atoms with Gasteiger partial charge < -0.3 is 20.3 Å². The minimum absolute atomic E-state index is 0.0326. The molecule has 2 aliphatic heterocycles. The Hall–Kier alpha value is -3.86. The number of esters is 1. The Kier molecular flexibility index (Phi) is 6.16. The van der Waals surface area contributed by atoms with Gasteiger partial charge in [0.25, 0.3) is 11.8 Å². The van der Waals surface area contributed by atoms with E-state index in [1.165, 1.54) is 6.07 Å². The molecule has 2 amide bonds. The number of hydrogen-bond acceptors (Lipinski definition) is 7. The van der Waals surface area contributed by atoms with Crippen molar-refractivity contribution in [2.45, 2.75) is 25.8 Å². The van der Waals surface area contributed by atoms with Gasteiger partial charge in [-0.05, 0) is 56.6 Å². The standard InChI is InChI=1S/C24H25FN6O4/c1-30-6-4-14(5-7-30)11-27-24(34)19-10-18(29-22-17(25)13-28-31(19)22)23(33)26-12-15-2-3-20-16(8-15)9-21(32)35-20/h2-3,8,10,13-14H,4-7,9,11-12H2,1H3,(H,26,33)(H,27,34). The number of rotatable bonds is 6. The minimum atomic E-state index is -0.729. The average molecular weight is 481 g/mol.